The highest BCUT2D eigenvalue weighted by Crippen LogP contribution is 2.29. The van der Waals surface area contributed by atoms with Crippen LogP contribution in [0.2, 0.25) is 0 Å². The monoisotopic (exact) mass is 450 g/mol. The van der Waals surface area contributed by atoms with Gasteiger partial charge in [0.05, 0.1) is 5.52 Å². The van der Waals surface area contributed by atoms with Crippen molar-refractivity contribution in [2.24, 2.45) is 11.8 Å². The lowest BCUT2D eigenvalue weighted by Crippen LogP contribution is -2.39. The molecule has 2 amide bonds. The molecule has 0 bridgehead atoms. The van der Waals surface area contributed by atoms with Crippen LogP contribution >= 0.6 is 0 Å². The van der Waals surface area contributed by atoms with Gasteiger partial charge in [0.15, 0.2) is 0 Å². The van der Waals surface area contributed by atoms with Crippen LogP contribution in [-0.2, 0) is 9.59 Å². The number of aryl methyl sites for hydroxylation is 1. The van der Waals surface area contributed by atoms with E-state index in [1.54, 1.807) is 0 Å². The van der Waals surface area contributed by atoms with Gasteiger partial charge in [-0.3, -0.25) is 9.59 Å². The lowest BCUT2D eigenvalue weighted by Gasteiger charge is -2.36. The first-order valence-corrected chi connectivity index (χ1v) is 12.6. The Morgan fingerprint density at radius 2 is 1.70 bits per heavy atom. The highest BCUT2D eigenvalue weighted by atomic mass is 16.2. The lowest BCUT2D eigenvalue weighted by atomic mass is 9.92. The summed E-state index contributed by atoms with van der Waals surface area (Å²) in [6.45, 7) is 8.82. The normalized spacial score (nSPS) is 21.7. The molecule has 0 unspecified atom stereocenters. The van der Waals surface area contributed by atoms with Gasteiger partial charge in [0.2, 0.25) is 11.8 Å². The molecule has 2 fully saturated rings. The summed E-state index contributed by atoms with van der Waals surface area (Å²) in [5.74, 6) is 2.23. The van der Waals surface area contributed by atoms with E-state index in [-0.39, 0.29) is 30.7 Å². The number of hydrogen-bond acceptors (Lipinski definition) is 4. The van der Waals surface area contributed by atoms with E-state index >= 15 is 0 Å². The number of fused-ring (bicyclic) bond motifs is 1. The number of carbonyl (C=O) groups excluding carboxylic acids is 2. The molecule has 1 aromatic heterocycles. The first-order valence-electron chi connectivity index (χ1n) is 12.6. The molecule has 1 aromatic carbocycles. The molecule has 2 atom stereocenters. The van der Waals surface area contributed by atoms with Gasteiger partial charge in [0.1, 0.15) is 5.82 Å². The number of benzene rings is 1. The van der Waals surface area contributed by atoms with E-state index in [4.69, 9.17) is 4.98 Å². The molecule has 2 aliphatic rings. The summed E-state index contributed by atoms with van der Waals surface area (Å²) in [6, 6.07) is 8.32. The predicted octanol–water partition coefficient (Wildman–Crippen LogP) is 5.19. The van der Waals surface area contributed by atoms with E-state index in [0.717, 1.165) is 53.9 Å². The van der Waals surface area contributed by atoms with Crippen molar-refractivity contribution >= 4 is 34.2 Å². The fourth-order valence-electron chi connectivity index (χ4n) is 5.46. The van der Waals surface area contributed by atoms with E-state index < -0.39 is 0 Å². The first kappa shape index (κ1) is 23.5. The highest BCUT2D eigenvalue weighted by Gasteiger charge is 2.23. The summed E-state index contributed by atoms with van der Waals surface area (Å²) in [7, 11) is 0. The molecule has 2 heterocycles. The van der Waals surface area contributed by atoms with Crippen LogP contribution in [0.3, 0.4) is 0 Å². The van der Waals surface area contributed by atoms with Crippen LogP contribution in [0.4, 0.5) is 11.5 Å². The number of amides is 2. The zero-order valence-electron chi connectivity index (χ0n) is 20.3. The molecular weight excluding hydrogens is 412 g/mol. The number of anilines is 2. The largest absolute Gasteiger partial charge is 0.356 e. The Bertz CT molecular complexity index is 989. The summed E-state index contributed by atoms with van der Waals surface area (Å²) in [5.41, 5.74) is 2.85. The van der Waals surface area contributed by atoms with Gasteiger partial charge in [-0.1, -0.05) is 33.1 Å². The molecule has 1 aliphatic heterocycles. The molecule has 1 saturated carbocycles. The van der Waals surface area contributed by atoms with Crippen LogP contribution in [0.25, 0.3) is 10.9 Å². The summed E-state index contributed by atoms with van der Waals surface area (Å²) in [4.78, 5) is 32.0. The van der Waals surface area contributed by atoms with Crippen molar-refractivity contribution in [3.8, 4) is 0 Å². The fourth-order valence-corrected chi connectivity index (χ4v) is 5.46. The van der Waals surface area contributed by atoms with E-state index in [1.165, 1.54) is 25.7 Å². The number of pyridine rings is 1. The van der Waals surface area contributed by atoms with Crippen LogP contribution < -0.4 is 15.5 Å². The second kappa shape index (κ2) is 10.5. The number of hydrogen-bond donors (Lipinski definition) is 2. The maximum absolute atomic E-state index is 12.4. The van der Waals surface area contributed by atoms with Crippen molar-refractivity contribution in [3.63, 3.8) is 0 Å². The van der Waals surface area contributed by atoms with Crippen LogP contribution in [0.5, 0.6) is 0 Å². The molecule has 0 radical (unpaired) electrons. The molecule has 6 heteroatoms. The van der Waals surface area contributed by atoms with E-state index in [1.807, 2.05) is 18.2 Å². The summed E-state index contributed by atoms with van der Waals surface area (Å²) >= 11 is 0. The summed E-state index contributed by atoms with van der Waals surface area (Å²) in [6.07, 6.45) is 7.42. The Morgan fingerprint density at radius 3 is 2.42 bits per heavy atom. The highest BCUT2D eigenvalue weighted by molar-refractivity contribution is 5.96. The molecule has 1 saturated heterocycles. The molecule has 4 rings (SSSR count). The summed E-state index contributed by atoms with van der Waals surface area (Å²) < 4.78 is 0. The third-order valence-electron chi connectivity index (χ3n) is 7.03. The standard InChI is InChI=1S/C27H38N4O2/c1-18-13-19(2)17-31(16-18)25-14-20(3)23-15-22(9-10-24(23)30-25)29-27(33)12-11-26(32)28-21-7-5-4-6-8-21/h9-10,14-15,18-19,21H,4-8,11-13,16-17H2,1-3H3,(H,28,32)(H,29,33)/t18-,19-/m1/s1. The second-order valence-electron chi connectivity index (χ2n) is 10.3. The van der Waals surface area contributed by atoms with Crippen LogP contribution in [0.1, 0.15) is 70.8 Å². The number of nitrogens with one attached hydrogen (secondary N) is 2. The Kier molecular flexibility index (Phi) is 7.51. The van der Waals surface area contributed by atoms with Gasteiger partial charge < -0.3 is 15.5 Å². The van der Waals surface area contributed by atoms with Crippen molar-refractivity contribution in [2.75, 3.05) is 23.3 Å². The maximum Gasteiger partial charge on any atom is 0.224 e. The molecule has 0 spiro atoms. The van der Waals surface area contributed by atoms with Crippen LogP contribution in [0, 0.1) is 18.8 Å². The molecular formula is C27H38N4O2. The molecule has 2 N–H and O–H groups in total. The Balaban J connectivity index is 1.36. The van der Waals surface area contributed by atoms with Crippen molar-refractivity contribution in [2.45, 2.75) is 78.2 Å². The van der Waals surface area contributed by atoms with Crippen LogP contribution in [0.15, 0.2) is 24.3 Å². The average molecular weight is 451 g/mol. The van der Waals surface area contributed by atoms with Gasteiger partial charge in [0.25, 0.3) is 0 Å². The molecule has 2 aromatic rings. The number of aromatic nitrogens is 1. The van der Waals surface area contributed by atoms with Gasteiger partial charge in [-0.05, 0) is 67.9 Å². The van der Waals surface area contributed by atoms with Crippen molar-refractivity contribution in [1.29, 1.82) is 0 Å². The smallest absolute Gasteiger partial charge is 0.224 e. The van der Waals surface area contributed by atoms with E-state index in [2.05, 4.69) is 42.4 Å². The quantitative estimate of drug-likeness (QED) is 0.635. The number of carbonyl (C=O) groups is 2. The molecule has 33 heavy (non-hydrogen) atoms. The zero-order valence-corrected chi connectivity index (χ0v) is 20.3. The zero-order chi connectivity index (χ0) is 23.4. The minimum atomic E-state index is -0.133. The Hall–Kier alpha value is -2.63. The molecule has 6 nitrogen and oxygen atoms in total. The van der Waals surface area contributed by atoms with Crippen molar-refractivity contribution in [3.05, 3.63) is 29.8 Å². The number of rotatable bonds is 6. The maximum atomic E-state index is 12.4. The first-order chi connectivity index (χ1) is 15.9. The topological polar surface area (TPSA) is 74.3 Å². The lowest BCUT2D eigenvalue weighted by molar-refractivity contribution is -0.125. The predicted molar refractivity (Wildman–Crippen MR) is 135 cm³/mol. The fraction of sp³-hybridized carbons (Fsp3) is 0.593. The van der Waals surface area contributed by atoms with Gasteiger partial charge in [-0.15, -0.1) is 0 Å². The van der Waals surface area contributed by atoms with E-state index in [0.29, 0.717) is 11.8 Å². The molecule has 1 aliphatic carbocycles. The Labute approximate surface area is 197 Å². The second-order valence-corrected chi connectivity index (χ2v) is 10.3. The van der Waals surface area contributed by atoms with Gasteiger partial charge in [0, 0.05) is 43.0 Å². The third-order valence-corrected chi connectivity index (χ3v) is 7.03. The minimum Gasteiger partial charge on any atom is -0.356 e. The van der Waals surface area contributed by atoms with E-state index in [9.17, 15) is 9.59 Å². The molecule has 178 valence electrons. The summed E-state index contributed by atoms with van der Waals surface area (Å²) in [5, 5.41) is 7.07. The number of nitrogens with zero attached hydrogens (tertiary/aromatic N) is 2. The van der Waals surface area contributed by atoms with Crippen molar-refractivity contribution in [1.82, 2.24) is 10.3 Å². The van der Waals surface area contributed by atoms with Crippen LogP contribution in [-0.4, -0.2) is 35.9 Å². The third kappa shape index (κ3) is 6.24. The average Bonchev–Trinajstić information content (AvgIpc) is 2.78. The van der Waals surface area contributed by atoms with Gasteiger partial charge in [-0.2, -0.15) is 0 Å². The Morgan fingerprint density at radius 1 is 1.00 bits per heavy atom. The van der Waals surface area contributed by atoms with Crippen molar-refractivity contribution < 1.29 is 9.59 Å². The van der Waals surface area contributed by atoms with Gasteiger partial charge >= 0.3 is 0 Å². The minimum absolute atomic E-state index is 0.0236. The van der Waals surface area contributed by atoms with Gasteiger partial charge in [-0.25, -0.2) is 4.98 Å². The SMILES string of the molecule is Cc1cc(N2C[C@H](C)C[C@@H](C)C2)nc2ccc(NC(=O)CCC(=O)NC3CCCCC3)cc12. The number of piperidine rings is 1.